The Labute approximate surface area is 217 Å². The van der Waals surface area contributed by atoms with Crippen molar-refractivity contribution < 1.29 is 4.79 Å². The molecule has 0 saturated heterocycles. The number of hydrogen-bond acceptors (Lipinski definition) is 3. The maximum Gasteiger partial charge on any atom is 0.221 e. The zero-order valence-electron chi connectivity index (χ0n) is 20.0. The lowest BCUT2D eigenvalue weighted by Crippen LogP contribution is -2.24. The number of carbonyl (C=O) groups is 1. The van der Waals surface area contributed by atoms with Gasteiger partial charge in [0, 0.05) is 35.3 Å². The van der Waals surface area contributed by atoms with E-state index in [-0.39, 0.29) is 5.91 Å². The summed E-state index contributed by atoms with van der Waals surface area (Å²) in [4.78, 5) is 19.4. The minimum Gasteiger partial charge on any atom is -0.361 e. The van der Waals surface area contributed by atoms with Crippen molar-refractivity contribution in [2.24, 2.45) is 0 Å². The number of nitrogens with one attached hydrogen (secondary N) is 3. The van der Waals surface area contributed by atoms with Crippen LogP contribution < -0.4 is 10.9 Å². The molecule has 0 aliphatic rings. The summed E-state index contributed by atoms with van der Waals surface area (Å²) in [6, 6.07) is 27.5. The van der Waals surface area contributed by atoms with Crippen LogP contribution in [0.4, 0.5) is 5.69 Å². The number of nitrogens with zero attached hydrogens (tertiary/aromatic N) is 3. The molecule has 0 fully saturated rings. The van der Waals surface area contributed by atoms with Gasteiger partial charge in [-0.15, -0.1) is 0 Å². The Morgan fingerprint density at radius 2 is 1.76 bits per heavy atom. The number of hydrogen-bond donors (Lipinski definition) is 3. The predicted molar refractivity (Wildman–Crippen MR) is 147 cm³/mol. The van der Waals surface area contributed by atoms with Crippen molar-refractivity contribution in [1.29, 1.82) is 5.41 Å². The number of aromatic nitrogens is 4. The number of H-pyrrole nitrogens is 1. The molecule has 0 aliphatic heterocycles. The zero-order valence-corrected chi connectivity index (χ0v) is 20.8. The van der Waals surface area contributed by atoms with Crippen LogP contribution in [0.2, 0.25) is 5.15 Å². The van der Waals surface area contributed by atoms with Gasteiger partial charge >= 0.3 is 0 Å². The van der Waals surface area contributed by atoms with Crippen molar-refractivity contribution in [3.63, 3.8) is 0 Å². The summed E-state index contributed by atoms with van der Waals surface area (Å²) in [5.41, 5.74) is 7.37. The van der Waals surface area contributed by atoms with Crippen LogP contribution in [0.3, 0.4) is 0 Å². The number of para-hydroxylation sites is 2. The highest BCUT2D eigenvalue weighted by Crippen LogP contribution is 2.29. The molecular weight excluding hydrogens is 484 g/mol. The lowest BCUT2D eigenvalue weighted by atomic mass is 10.1. The van der Waals surface area contributed by atoms with E-state index >= 15 is 0 Å². The van der Waals surface area contributed by atoms with E-state index in [4.69, 9.17) is 17.0 Å². The summed E-state index contributed by atoms with van der Waals surface area (Å²) in [5.74, 6) is -0.181. The van der Waals surface area contributed by atoms with Crippen LogP contribution in [0.1, 0.15) is 12.5 Å². The van der Waals surface area contributed by atoms with Gasteiger partial charge in [0.05, 0.1) is 29.0 Å². The summed E-state index contributed by atoms with van der Waals surface area (Å²) in [5, 5.41) is 13.4. The molecule has 0 unspecified atom stereocenters. The average Bonchev–Trinajstić information content (AvgIpc) is 3.49. The molecule has 7 nitrogen and oxygen atoms in total. The first-order valence-corrected chi connectivity index (χ1v) is 12.2. The van der Waals surface area contributed by atoms with Gasteiger partial charge < -0.3 is 14.9 Å². The molecule has 6 rings (SSSR count). The number of fused-ring (bicyclic) bond motifs is 2. The first-order chi connectivity index (χ1) is 18.0. The van der Waals surface area contributed by atoms with E-state index in [0.29, 0.717) is 28.7 Å². The molecule has 0 aliphatic carbocycles. The molecule has 37 heavy (non-hydrogen) atoms. The fourth-order valence-corrected chi connectivity index (χ4v) is 4.97. The van der Waals surface area contributed by atoms with Crippen LogP contribution in [-0.2, 0) is 11.3 Å². The average molecular weight is 507 g/mol. The van der Waals surface area contributed by atoms with E-state index in [1.165, 1.54) is 6.92 Å². The monoisotopic (exact) mass is 506 g/mol. The van der Waals surface area contributed by atoms with Gasteiger partial charge in [0.25, 0.3) is 0 Å². The van der Waals surface area contributed by atoms with Crippen molar-refractivity contribution in [2.75, 3.05) is 5.32 Å². The number of rotatable bonds is 5. The fraction of sp³-hybridized carbons (Fsp3) is 0.0690. The number of halogens is 1. The molecule has 1 amide bonds. The summed E-state index contributed by atoms with van der Waals surface area (Å²) in [6.45, 7) is 2.03. The molecule has 0 saturated carbocycles. The van der Waals surface area contributed by atoms with Crippen LogP contribution in [0.5, 0.6) is 0 Å². The van der Waals surface area contributed by atoms with Gasteiger partial charge in [0.2, 0.25) is 11.5 Å². The van der Waals surface area contributed by atoms with Crippen LogP contribution in [-0.4, -0.2) is 25.0 Å². The number of imidazole rings is 1. The molecule has 3 heterocycles. The molecular formula is C29H23ClN6O. The van der Waals surface area contributed by atoms with Crippen LogP contribution in [0, 0.1) is 5.41 Å². The smallest absolute Gasteiger partial charge is 0.221 e. The highest BCUT2D eigenvalue weighted by atomic mass is 35.5. The third-order valence-corrected chi connectivity index (χ3v) is 6.68. The van der Waals surface area contributed by atoms with E-state index in [9.17, 15) is 4.79 Å². The topological polar surface area (TPSA) is 91.5 Å². The summed E-state index contributed by atoms with van der Waals surface area (Å²) < 4.78 is 3.97. The Kier molecular flexibility index (Phi) is 5.62. The van der Waals surface area contributed by atoms with E-state index < -0.39 is 0 Å². The number of pyridine rings is 1. The van der Waals surface area contributed by atoms with Crippen LogP contribution in [0.25, 0.3) is 38.9 Å². The standard InChI is InChI=1S/C29H23ClN6O/c1-18(37)33-24-13-14-27(30)34-28(24)19-9-11-21(12-10-19)36-26-8-3-2-7-25(26)35(29(36)31)17-20-5-4-6-23-22(20)15-16-32-23/h2-16,31-32H,17H2,1H3,(H,33,37). The van der Waals surface area contributed by atoms with Crippen molar-refractivity contribution in [2.45, 2.75) is 13.5 Å². The Balaban J connectivity index is 1.44. The van der Waals surface area contributed by atoms with Crippen LogP contribution >= 0.6 is 11.6 Å². The molecule has 8 heteroatoms. The van der Waals surface area contributed by atoms with Gasteiger partial charge in [-0.25, -0.2) is 4.98 Å². The lowest BCUT2D eigenvalue weighted by Gasteiger charge is -2.11. The van der Waals surface area contributed by atoms with Crippen LogP contribution in [0.15, 0.2) is 91.1 Å². The molecule has 182 valence electrons. The number of carbonyl (C=O) groups excluding carboxylic acids is 1. The highest BCUT2D eigenvalue weighted by molar-refractivity contribution is 6.29. The summed E-state index contributed by atoms with van der Waals surface area (Å²) in [6.07, 6.45) is 1.94. The SMILES string of the molecule is CC(=O)Nc1ccc(Cl)nc1-c1ccc(-n2c(=N)n(Cc3cccc4[nH]ccc34)c3ccccc32)cc1. The molecule has 0 atom stereocenters. The molecule has 0 radical (unpaired) electrons. The van der Waals surface area contributed by atoms with E-state index in [1.54, 1.807) is 12.1 Å². The molecule has 0 spiro atoms. The fourth-order valence-electron chi connectivity index (χ4n) is 4.82. The molecule has 3 aromatic heterocycles. The Morgan fingerprint density at radius 1 is 0.973 bits per heavy atom. The first kappa shape index (κ1) is 22.8. The Morgan fingerprint density at radius 3 is 2.54 bits per heavy atom. The summed E-state index contributed by atoms with van der Waals surface area (Å²) >= 11 is 6.16. The van der Waals surface area contributed by atoms with Crippen molar-refractivity contribution in [3.05, 3.63) is 107 Å². The number of amides is 1. The Hall–Kier alpha value is -4.62. The zero-order chi connectivity index (χ0) is 25.5. The first-order valence-electron chi connectivity index (χ1n) is 11.8. The van der Waals surface area contributed by atoms with Crippen molar-refractivity contribution in [3.8, 4) is 16.9 Å². The second-order valence-electron chi connectivity index (χ2n) is 8.85. The van der Waals surface area contributed by atoms with Crippen molar-refractivity contribution in [1.82, 2.24) is 19.1 Å². The highest BCUT2D eigenvalue weighted by Gasteiger charge is 2.15. The second kappa shape index (κ2) is 9.11. The number of anilines is 1. The minimum absolute atomic E-state index is 0.181. The molecule has 0 bridgehead atoms. The van der Waals surface area contributed by atoms with Gasteiger partial charge in [0.1, 0.15) is 5.15 Å². The second-order valence-corrected chi connectivity index (χ2v) is 9.24. The maximum absolute atomic E-state index is 11.7. The van der Waals surface area contributed by atoms with Gasteiger partial charge in [-0.1, -0.05) is 48.0 Å². The van der Waals surface area contributed by atoms with Gasteiger partial charge in [-0.05, 0) is 54.1 Å². The van der Waals surface area contributed by atoms with Crippen molar-refractivity contribution >= 4 is 45.1 Å². The predicted octanol–water partition coefficient (Wildman–Crippen LogP) is 6.11. The molecule has 6 aromatic rings. The maximum atomic E-state index is 11.7. The third kappa shape index (κ3) is 4.09. The van der Waals surface area contributed by atoms with E-state index in [1.807, 2.05) is 69.9 Å². The lowest BCUT2D eigenvalue weighted by molar-refractivity contribution is -0.114. The van der Waals surface area contributed by atoms with Gasteiger partial charge in [-0.3, -0.25) is 14.8 Å². The minimum atomic E-state index is -0.181. The van der Waals surface area contributed by atoms with Gasteiger partial charge in [-0.2, -0.15) is 0 Å². The number of aromatic amines is 1. The van der Waals surface area contributed by atoms with E-state index in [0.717, 1.165) is 38.8 Å². The largest absolute Gasteiger partial charge is 0.361 e. The molecule has 3 N–H and O–H groups in total. The molecule has 3 aromatic carbocycles. The Bertz CT molecular complexity index is 1840. The quantitative estimate of drug-likeness (QED) is 0.246. The number of benzene rings is 3. The third-order valence-electron chi connectivity index (χ3n) is 6.47. The van der Waals surface area contributed by atoms with E-state index in [2.05, 4.69) is 33.5 Å². The van der Waals surface area contributed by atoms with Gasteiger partial charge in [0.15, 0.2) is 0 Å². The summed E-state index contributed by atoms with van der Waals surface area (Å²) in [7, 11) is 0. The normalized spacial score (nSPS) is 11.3.